The lowest BCUT2D eigenvalue weighted by Gasteiger charge is -2.22. The van der Waals surface area contributed by atoms with Crippen LogP contribution in [-0.2, 0) is 11.0 Å². The summed E-state index contributed by atoms with van der Waals surface area (Å²) in [7, 11) is 0. The van der Waals surface area contributed by atoms with Gasteiger partial charge in [0.1, 0.15) is 0 Å². The first-order valence-electron chi connectivity index (χ1n) is 7.52. The van der Waals surface area contributed by atoms with Crippen LogP contribution in [0.1, 0.15) is 56.7 Å². The molecule has 1 aromatic carbocycles. The van der Waals surface area contributed by atoms with E-state index in [4.69, 9.17) is 5.73 Å². The van der Waals surface area contributed by atoms with Crippen molar-refractivity contribution in [2.45, 2.75) is 57.8 Å². The van der Waals surface area contributed by atoms with Gasteiger partial charge in [0.15, 0.2) is 0 Å². The topological polar surface area (TPSA) is 55.1 Å². The molecule has 6 heteroatoms. The minimum Gasteiger partial charge on any atom is -0.348 e. The maximum atomic E-state index is 12.8. The molecule has 0 saturated carbocycles. The summed E-state index contributed by atoms with van der Waals surface area (Å²) in [6.07, 6.45) is -1.77. The van der Waals surface area contributed by atoms with E-state index in [1.165, 1.54) is 6.07 Å². The number of nitrogens with two attached hydrogens (primary N) is 1. The summed E-state index contributed by atoms with van der Waals surface area (Å²) in [4.78, 5) is 12.0. The second-order valence-corrected chi connectivity index (χ2v) is 5.37. The summed E-state index contributed by atoms with van der Waals surface area (Å²) < 4.78 is 38.4. The smallest absolute Gasteiger partial charge is 0.348 e. The average Bonchev–Trinajstić information content (AvgIpc) is 2.46. The molecule has 0 aliphatic carbocycles. The minimum absolute atomic E-state index is 0.322. The van der Waals surface area contributed by atoms with Crippen LogP contribution in [0.15, 0.2) is 24.3 Å². The second kappa shape index (κ2) is 8.17. The maximum absolute atomic E-state index is 12.8. The number of benzene rings is 1. The van der Waals surface area contributed by atoms with Gasteiger partial charge in [0.25, 0.3) is 0 Å². The van der Waals surface area contributed by atoms with Crippen LogP contribution in [-0.4, -0.2) is 11.9 Å². The van der Waals surface area contributed by atoms with Crippen molar-refractivity contribution in [1.82, 2.24) is 5.32 Å². The van der Waals surface area contributed by atoms with E-state index in [9.17, 15) is 18.0 Å². The summed E-state index contributed by atoms with van der Waals surface area (Å²) in [5.74, 6) is -0.322. The lowest BCUT2D eigenvalue weighted by atomic mass is 9.99. The number of hydrogen-bond donors (Lipinski definition) is 2. The van der Waals surface area contributed by atoms with Crippen molar-refractivity contribution in [1.29, 1.82) is 0 Å². The lowest BCUT2D eigenvalue weighted by molar-refractivity contribution is -0.137. The number of nitrogens with one attached hydrogen (secondary N) is 1. The summed E-state index contributed by atoms with van der Waals surface area (Å²) in [6, 6.07) is 3.99. The third-order valence-electron chi connectivity index (χ3n) is 3.45. The Morgan fingerprint density at radius 1 is 1.23 bits per heavy atom. The number of rotatable bonds is 7. The molecular weight excluding hydrogens is 293 g/mol. The Bertz CT molecular complexity index is 489. The van der Waals surface area contributed by atoms with Gasteiger partial charge in [-0.15, -0.1) is 0 Å². The van der Waals surface area contributed by atoms with Crippen LogP contribution < -0.4 is 11.1 Å². The maximum Gasteiger partial charge on any atom is 0.416 e. The van der Waals surface area contributed by atoms with Crippen LogP contribution in [0.5, 0.6) is 0 Å². The fourth-order valence-electron chi connectivity index (χ4n) is 2.26. The number of alkyl halides is 3. The number of halogens is 3. The fraction of sp³-hybridized carbons (Fsp3) is 0.562. The quantitative estimate of drug-likeness (QED) is 0.804. The van der Waals surface area contributed by atoms with E-state index in [2.05, 4.69) is 5.32 Å². The molecule has 1 amide bonds. The number of amides is 1. The Balaban J connectivity index is 2.93. The van der Waals surface area contributed by atoms with Crippen molar-refractivity contribution in [2.24, 2.45) is 5.73 Å². The van der Waals surface area contributed by atoms with Gasteiger partial charge in [0.2, 0.25) is 5.91 Å². The molecule has 22 heavy (non-hydrogen) atoms. The highest BCUT2D eigenvalue weighted by atomic mass is 19.4. The third kappa shape index (κ3) is 5.33. The van der Waals surface area contributed by atoms with E-state index in [0.717, 1.165) is 25.0 Å². The van der Waals surface area contributed by atoms with Crippen molar-refractivity contribution >= 4 is 5.91 Å². The van der Waals surface area contributed by atoms with Crippen molar-refractivity contribution < 1.29 is 18.0 Å². The Labute approximate surface area is 129 Å². The first-order valence-corrected chi connectivity index (χ1v) is 7.52. The van der Waals surface area contributed by atoms with E-state index < -0.39 is 23.8 Å². The highest BCUT2D eigenvalue weighted by Gasteiger charge is 2.31. The standard InChI is InChI=1S/C16H23F3N2O/c1-3-6-13(20)15(22)21-14(7-4-2)11-8-5-9-12(10-11)16(17,18)19/h5,8-10,13-14H,3-4,6-7,20H2,1-2H3,(H,21,22). The zero-order valence-corrected chi connectivity index (χ0v) is 12.9. The van der Waals surface area contributed by atoms with E-state index in [-0.39, 0.29) is 5.91 Å². The summed E-state index contributed by atoms with van der Waals surface area (Å²) in [6.45, 7) is 3.84. The van der Waals surface area contributed by atoms with Gasteiger partial charge >= 0.3 is 6.18 Å². The van der Waals surface area contributed by atoms with E-state index >= 15 is 0 Å². The van der Waals surface area contributed by atoms with Crippen LogP contribution in [0.2, 0.25) is 0 Å². The van der Waals surface area contributed by atoms with E-state index in [1.807, 2.05) is 13.8 Å². The van der Waals surface area contributed by atoms with Crippen molar-refractivity contribution in [2.75, 3.05) is 0 Å². The molecule has 3 nitrogen and oxygen atoms in total. The number of carbonyl (C=O) groups excluding carboxylic acids is 1. The molecule has 0 radical (unpaired) electrons. The molecular formula is C16H23F3N2O. The van der Waals surface area contributed by atoms with Crippen molar-refractivity contribution in [3.63, 3.8) is 0 Å². The number of hydrogen-bond acceptors (Lipinski definition) is 2. The van der Waals surface area contributed by atoms with Gasteiger partial charge in [-0.05, 0) is 30.5 Å². The SMILES string of the molecule is CCCC(N)C(=O)NC(CCC)c1cccc(C(F)(F)F)c1. The molecule has 124 valence electrons. The molecule has 1 rings (SSSR count). The highest BCUT2D eigenvalue weighted by molar-refractivity contribution is 5.81. The fourth-order valence-corrected chi connectivity index (χ4v) is 2.26. The molecule has 3 N–H and O–H groups in total. The molecule has 0 heterocycles. The van der Waals surface area contributed by atoms with Crippen LogP contribution in [0.4, 0.5) is 13.2 Å². The molecule has 0 saturated heterocycles. The Morgan fingerprint density at radius 2 is 1.86 bits per heavy atom. The lowest BCUT2D eigenvalue weighted by Crippen LogP contribution is -2.42. The van der Waals surface area contributed by atoms with E-state index in [1.54, 1.807) is 6.07 Å². The first kappa shape index (κ1) is 18.5. The van der Waals surface area contributed by atoms with Crippen LogP contribution in [0.25, 0.3) is 0 Å². The van der Waals surface area contributed by atoms with Gasteiger partial charge < -0.3 is 11.1 Å². The molecule has 2 unspecified atom stereocenters. The number of carbonyl (C=O) groups is 1. The van der Waals surface area contributed by atoms with Crippen molar-refractivity contribution in [3.05, 3.63) is 35.4 Å². The predicted octanol–water partition coefficient (Wildman–Crippen LogP) is 3.79. The normalized spacial score (nSPS) is 14.5. The molecule has 2 atom stereocenters. The van der Waals surface area contributed by atoms with Crippen LogP contribution in [0.3, 0.4) is 0 Å². The molecule has 0 fully saturated rings. The Kier molecular flexibility index (Phi) is 6.87. The van der Waals surface area contributed by atoms with Gasteiger partial charge in [0.05, 0.1) is 17.6 Å². The minimum atomic E-state index is -4.39. The monoisotopic (exact) mass is 316 g/mol. The van der Waals surface area contributed by atoms with Gasteiger partial charge in [-0.3, -0.25) is 4.79 Å². The van der Waals surface area contributed by atoms with Crippen LogP contribution in [0, 0.1) is 0 Å². The predicted molar refractivity (Wildman–Crippen MR) is 80.1 cm³/mol. The van der Waals surface area contributed by atoms with Gasteiger partial charge in [0, 0.05) is 0 Å². The summed E-state index contributed by atoms with van der Waals surface area (Å²) in [5, 5.41) is 2.77. The van der Waals surface area contributed by atoms with Crippen molar-refractivity contribution in [3.8, 4) is 0 Å². The Hall–Kier alpha value is -1.56. The summed E-state index contributed by atoms with van der Waals surface area (Å²) >= 11 is 0. The van der Waals surface area contributed by atoms with Gasteiger partial charge in [-0.1, -0.05) is 38.8 Å². The average molecular weight is 316 g/mol. The third-order valence-corrected chi connectivity index (χ3v) is 3.45. The van der Waals surface area contributed by atoms with Gasteiger partial charge in [-0.2, -0.15) is 13.2 Å². The molecule has 0 spiro atoms. The van der Waals surface area contributed by atoms with E-state index in [0.29, 0.717) is 18.4 Å². The molecule has 0 aromatic heterocycles. The van der Waals surface area contributed by atoms with Crippen LogP contribution >= 0.6 is 0 Å². The molecule has 0 aliphatic rings. The molecule has 0 aliphatic heterocycles. The zero-order chi connectivity index (χ0) is 16.8. The highest BCUT2D eigenvalue weighted by Crippen LogP contribution is 2.31. The largest absolute Gasteiger partial charge is 0.416 e. The molecule has 1 aromatic rings. The second-order valence-electron chi connectivity index (χ2n) is 5.37. The zero-order valence-electron chi connectivity index (χ0n) is 12.9. The van der Waals surface area contributed by atoms with Gasteiger partial charge in [-0.25, -0.2) is 0 Å². The Morgan fingerprint density at radius 3 is 2.41 bits per heavy atom. The first-order chi connectivity index (χ1) is 10.3. The molecule has 0 bridgehead atoms. The summed E-state index contributed by atoms with van der Waals surface area (Å²) in [5.41, 5.74) is 5.50.